The number of likely N-dealkylation sites (N-methyl/N-ethyl adjacent to an activating group) is 1. The highest BCUT2D eigenvalue weighted by molar-refractivity contribution is 6.04. The van der Waals surface area contributed by atoms with E-state index in [4.69, 9.17) is 4.42 Å². The number of aromatic nitrogens is 3. The lowest BCUT2D eigenvalue weighted by atomic mass is 9.98. The molecule has 1 saturated heterocycles. The second-order valence-corrected chi connectivity index (χ2v) is 9.07. The zero-order valence-corrected chi connectivity index (χ0v) is 19.6. The Morgan fingerprint density at radius 3 is 2.37 bits per heavy atom. The van der Waals surface area contributed by atoms with Crippen LogP contribution in [0, 0.1) is 0 Å². The van der Waals surface area contributed by atoms with Gasteiger partial charge in [-0.25, -0.2) is 9.97 Å². The Kier molecular flexibility index (Phi) is 5.50. The zero-order valence-electron chi connectivity index (χ0n) is 19.6. The Balaban J connectivity index is 1.37. The Hall–Kier alpha value is -4.04. The number of oxime groups is 1. The highest BCUT2D eigenvalue weighted by Gasteiger charge is 2.22. The summed E-state index contributed by atoms with van der Waals surface area (Å²) >= 11 is 0. The molecule has 4 aromatic rings. The SMILES string of the molecule is CN1CCN(c2ncc(-c3cc(-c4ccc5c(c4)CCC5=NO)c(-c4ccncc4)o3)cn2)CC1. The number of aryl methyl sites for hydroxylation is 1. The standard InChI is InChI=1S/C27H26N6O2/c1-32-10-12-33(13-11-32)27-29-16-21(17-30-27)25-15-23(26(35-25)18-6-8-28-9-7-18)20-2-4-22-19(14-20)3-5-24(22)31-34/h2,4,6-9,14-17,34H,3,5,10-13H2,1H3. The van der Waals surface area contributed by atoms with Gasteiger partial charge in [-0.15, -0.1) is 0 Å². The third kappa shape index (κ3) is 4.06. The highest BCUT2D eigenvalue weighted by atomic mass is 16.4. The van der Waals surface area contributed by atoms with Gasteiger partial charge in [0.25, 0.3) is 0 Å². The van der Waals surface area contributed by atoms with E-state index in [2.05, 4.69) is 55.2 Å². The van der Waals surface area contributed by atoms with Crippen molar-refractivity contribution in [1.29, 1.82) is 0 Å². The minimum Gasteiger partial charge on any atom is -0.455 e. The molecule has 8 nitrogen and oxygen atoms in total. The average Bonchev–Trinajstić information content (AvgIpc) is 3.54. The van der Waals surface area contributed by atoms with Crippen molar-refractivity contribution < 1.29 is 9.62 Å². The van der Waals surface area contributed by atoms with Crippen LogP contribution in [0.2, 0.25) is 0 Å². The molecule has 0 saturated carbocycles. The number of hydrogen-bond acceptors (Lipinski definition) is 8. The second kappa shape index (κ2) is 8.96. The normalized spacial score (nSPS) is 17.2. The monoisotopic (exact) mass is 466 g/mol. The maximum absolute atomic E-state index is 9.29. The predicted molar refractivity (Wildman–Crippen MR) is 135 cm³/mol. The van der Waals surface area contributed by atoms with E-state index in [1.807, 2.05) is 30.6 Å². The molecule has 3 aromatic heterocycles. The number of pyridine rings is 1. The van der Waals surface area contributed by atoms with Gasteiger partial charge in [-0.1, -0.05) is 23.4 Å². The number of rotatable bonds is 4. The lowest BCUT2D eigenvalue weighted by Crippen LogP contribution is -2.45. The van der Waals surface area contributed by atoms with E-state index in [1.165, 1.54) is 5.56 Å². The molecule has 1 aliphatic heterocycles. The van der Waals surface area contributed by atoms with Crippen molar-refractivity contribution in [2.45, 2.75) is 12.8 Å². The van der Waals surface area contributed by atoms with Crippen LogP contribution in [0.4, 0.5) is 5.95 Å². The van der Waals surface area contributed by atoms with Crippen molar-refractivity contribution >= 4 is 11.7 Å². The van der Waals surface area contributed by atoms with E-state index in [0.717, 1.165) is 90.0 Å². The number of hydrogen-bond donors (Lipinski definition) is 1. The van der Waals surface area contributed by atoms with Gasteiger partial charge in [0.05, 0.1) is 11.3 Å². The van der Waals surface area contributed by atoms with Gasteiger partial charge >= 0.3 is 0 Å². The van der Waals surface area contributed by atoms with Crippen LogP contribution in [0.15, 0.2) is 70.8 Å². The fourth-order valence-electron chi connectivity index (χ4n) is 4.82. The van der Waals surface area contributed by atoms with Gasteiger partial charge in [-0.2, -0.15) is 0 Å². The second-order valence-electron chi connectivity index (χ2n) is 9.07. The van der Waals surface area contributed by atoms with E-state index in [-0.39, 0.29) is 0 Å². The lowest BCUT2D eigenvalue weighted by molar-refractivity contribution is 0.311. The van der Waals surface area contributed by atoms with Crippen LogP contribution in [-0.4, -0.2) is 64.0 Å². The summed E-state index contributed by atoms with van der Waals surface area (Å²) in [6, 6.07) is 12.2. The third-order valence-electron chi connectivity index (χ3n) is 6.86. The van der Waals surface area contributed by atoms with Crippen LogP contribution in [0.25, 0.3) is 33.8 Å². The molecule has 4 heterocycles. The molecule has 35 heavy (non-hydrogen) atoms. The van der Waals surface area contributed by atoms with E-state index in [1.54, 1.807) is 12.4 Å². The van der Waals surface area contributed by atoms with E-state index in [0.29, 0.717) is 0 Å². The summed E-state index contributed by atoms with van der Waals surface area (Å²) in [6.45, 7) is 3.87. The number of anilines is 1. The molecular formula is C27H26N6O2. The smallest absolute Gasteiger partial charge is 0.225 e. The van der Waals surface area contributed by atoms with Crippen molar-refractivity contribution in [2.75, 3.05) is 38.1 Å². The number of piperazine rings is 1. The van der Waals surface area contributed by atoms with Crippen molar-refractivity contribution in [3.63, 3.8) is 0 Å². The summed E-state index contributed by atoms with van der Waals surface area (Å²) in [5.74, 6) is 2.25. The Morgan fingerprint density at radius 1 is 0.857 bits per heavy atom. The zero-order chi connectivity index (χ0) is 23.8. The summed E-state index contributed by atoms with van der Waals surface area (Å²) in [7, 11) is 2.14. The molecule has 1 aromatic carbocycles. The molecule has 0 amide bonds. The largest absolute Gasteiger partial charge is 0.455 e. The molecule has 2 aliphatic rings. The van der Waals surface area contributed by atoms with Crippen molar-refractivity contribution in [3.8, 4) is 33.8 Å². The van der Waals surface area contributed by atoms with E-state index < -0.39 is 0 Å². The molecule has 0 radical (unpaired) electrons. The lowest BCUT2D eigenvalue weighted by Gasteiger charge is -2.32. The van der Waals surface area contributed by atoms with E-state index >= 15 is 0 Å². The average molecular weight is 467 g/mol. The molecular weight excluding hydrogens is 440 g/mol. The Labute approximate surface area is 203 Å². The molecule has 0 bridgehead atoms. The van der Waals surface area contributed by atoms with Crippen LogP contribution < -0.4 is 4.90 Å². The van der Waals surface area contributed by atoms with Crippen LogP contribution in [0.5, 0.6) is 0 Å². The van der Waals surface area contributed by atoms with Crippen LogP contribution >= 0.6 is 0 Å². The van der Waals surface area contributed by atoms with Gasteiger partial charge in [0.2, 0.25) is 5.95 Å². The first-order valence-electron chi connectivity index (χ1n) is 11.8. The molecule has 176 valence electrons. The minimum atomic E-state index is 0.717. The predicted octanol–water partition coefficient (Wildman–Crippen LogP) is 4.34. The topological polar surface area (TPSA) is 90.9 Å². The van der Waals surface area contributed by atoms with Gasteiger partial charge < -0.3 is 19.4 Å². The van der Waals surface area contributed by atoms with Crippen LogP contribution in [0.3, 0.4) is 0 Å². The summed E-state index contributed by atoms with van der Waals surface area (Å²) in [6.07, 6.45) is 8.82. The van der Waals surface area contributed by atoms with Crippen molar-refractivity contribution in [1.82, 2.24) is 19.9 Å². The van der Waals surface area contributed by atoms with Crippen molar-refractivity contribution in [3.05, 3.63) is 72.3 Å². The molecule has 1 aliphatic carbocycles. The molecule has 8 heteroatoms. The van der Waals surface area contributed by atoms with Crippen LogP contribution in [-0.2, 0) is 6.42 Å². The fourth-order valence-corrected chi connectivity index (χ4v) is 4.82. The molecule has 6 rings (SSSR count). The molecule has 0 spiro atoms. The van der Waals surface area contributed by atoms with Gasteiger partial charge in [0, 0.05) is 67.7 Å². The van der Waals surface area contributed by atoms with Gasteiger partial charge in [0.15, 0.2) is 0 Å². The molecule has 1 fully saturated rings. The quantitative estimate of drug-likeness (QED) is 0.353. The number of furan rings is 1. The molecule has 0 atom stereocenters. The highest BCUT2D eigenvalue weighted by Crippen LogP contribution is 2.40. The number of nitrogens with zero attached hydrogens (tertiary/aromatic N) is 6. The number of fused-ring (bicyclic) bond motifs is 1. The van der Waals surface area contributed by atoms with Gasteiger partial charge in [-0.3, -0.25) is 4.98 Å². The summed E-state index contributed by atoms with van der Waals surface area (Å²) in [5, 5.41) is 12.7. The van der Waals surface area contributed by atoms with Gasteiger partial charge in [-0.05, 0) is 49.2 Å². The van der Waals surface area contributed by atoms with Crippen molar-refractivity contribution in [2.24, 2.45) is 5.16 Å². The third-order valence-corrected chi connectivity index (χ3v) is 6.86. The Bertz CT molecular complexity index is 1370. The first kappa shape index (κ1) is 21.5. The maximum atomic E-state index is 9.29. The summed E-state index contributed by atoms with van der Waals surface area (Å²) in [4.78, 5) is 18.0. The maximum Gasteiger partial charge on any atom is 0.225 e. The fraction of sp³-hybridized carbons (Fsp3) is 0.259. The van der Waals surface area contributed by atoms with E-state index in [9.17, 15) is 5.21 Å². The number of benzene rings is 1. The molecule has 1 N–H and O–H groups in total. The van der Waals surface area contributed by atoms with Gasteiger partial charge in [0.1, 0.15) is 11.5 Å². The Morgan fingerprint density at radius 2 is 1.63 bits per heavy atom. The molecule has 0 unspecified atom stereocenters. The minimum absolute atomic E-state index is 0.717. The summed E-state index contributed by atoms with van der Waals surface area (Å²) < 4.78 is 6.41. The van der Waals surface area contributed by atoms with Crippen LogP contribution in [0.1, 0.15) is 17.5 Å². The first-order valence-corrected chi connectivity index (χ1v) is 11.8. The first-order chi connectivity index (χ1) is 17.2. The summed E-state index contributed by atoms with van der Waals surface area (Å²) in [5.41, 5.74) is 6.77.